The molecule has 0 amide bonds. The van der Waals surface area contributed by atoms with Gasteiger partial charge >= 0.3 is 0 Å². The third-order valence-electron chi connectivity index (χ3n) is 7.06. The van der Waals surface area contributed by atoms with Crippen LogP contribution in [0, 0.1) is 6.92 Å². The molecule has 0 aliphatic carbocycles. The first-order valence-electron chi connectivity index (χ1n) is 12.8. The summed E-state index contributed by atoms with van der Waals surface area (Å²) < 4.78 is 5.97. The second-order valence-electron chi connectivity index (χ2n) is 9.79. The molecule has 4 heterocycles. The number of nitrogens with zero attached hydrogens (tertiary/aromatic N) is 4. The number of ketones is 1. The summed E-state index contributed by atoms with van der Waals surface area (Å²) in [6.07, 6.45) is 0. The van der Waals surface area contributed by atoms with Gasteiger partial charge in [0.2, 0.25) is 0 Å². The number of imidazole rings is 1. The zero-order valence-electron chi connectivity index (χ0n) is 21.8. The number of H-pyrrole nitrogens is 2. The number of carbonyl (C=O) groups excluding carboxylic acids is 1. The van der Waals surface area contributed by atoms with E-state index >= 15 is 0 Å². The van der Waals surface area contributed by atoms with Crippen LogP contribution in [0.5, 0.6) is 11.5 Å². The second kappa shape index (κ2) is 9.79. The highest BCUT2D eigenvalue weighted by atomic mass is 16.5. The molecule has 3 aromatic heterocycles. The van der Waals surface area contributed by atoms with Crippen LogP contribution in [0.2, 0.25) is 0 Å². The third-order valence-corrected chi connectivity index (χ3v) is 7.06. The van der Waals surface area contributed by atoms with E-state index in [1.807, 2.05) is 73.7 Å². The zero-order chi connectivity index (χ0) is 26.2. The van der Waals surface area contributed by atoms with Crippen molar-refractivity contribution >= 4 is 22.8 Å². The number of ether oxygens (including phenoxy) is 1. The van der Waals surface area contributed by atoms with Gasteiger partial charge in [-0.1, -0.05) is 30.3 Å². The largest absolute Gasteiger partial charge is 0.457 e. The molecule has 192 valence electrons. The Bertz CT molecular complexity index is 1600. The van der Waals surface area contributed by atoms with Crippen molar-refractivity contribution < 1.29 is 9.53 Å². The molecule has 0 bridgehead atoms. The van der Waals surface area contributed by atoms with Gasteiger partial charge in [0.05, 0.1) is 11.2 Å². The molecule has 0 unspecified atom stereocenters. The van der Waals surface area contributed by atoms with Crippen LogP contribution in [0.1, 0.15) is 23.0 Å². The van der Waals surface area contributed by atoms with Gasteiger partial charge in [0.25, 0.3) is 0 Å². The number of fused-ring (bicyclic) bond motifs is 1. The molecule has 1 aliphatic heterocycles. The summed E-state index contributed by atoms with van der Waals surface area (Å²) in [5.41, 5.74) is 5.46. The Hall–Kier alpha value is -4.43. The van der Waals surface area contributed by atoms with Crippen molar-refractivity contribution in [2.45, 2.75) is 13.8 Å². The van der Waals surface area contributed by atoms with Crippen molar-refractivity contribution in [3.63, 3.8) is 0 Å². The molecule has 1 saturated heterocycles. The number of para-hydroxylation sites is 1. The number of likely N-dealkylation sites (N-methyl/N-ethyl adjacent to an activating group) is 1. The highest BCUT2D eigenvalue weighted by molar-refractivity contribution is 6.05. The van der Waals surface area contributed by atoms with Crippen molar-refractivity contribution in [3.05, 3.63) is 78.0 Å². The maximum atomic E-state index is 12.7. The molecule has 2 N–H and O–H groups in total. The molecule has 0 spiro atoms. The van der Waals surface area contributed by atoms with Gasteiger partial charge in [-0.15, -0.1) is 0 Å². The molecule has 6 rings (SSSR count). The van der Waals surface area contributed by atoms with Gasteiger partial charge in [-0.05, 0) is 62.9 Å². The van der Waals surface area contributed by atoms with Crippen LogP contribution < -0.4 is 9.64 Å². The first-order valence-corrected chi connectivity index (χ1v) is 12.8. The van der Waals surface area contributed by atoms with Crippen LogP contribution in [-0.4, -0.2) is 63.8 Å². The van der Waals surface area contributed by atoms with Crippen molar-refractivity contribution in [1.29, 1.82) is 0 Å². The van der Waals surface area contributed by atoms with Crippen molar-refractivity contribution in [1.82, 2.24) is 24.8 Å². The van der Waals surface area contributed by atoms with Crippen LogP contribution in [-0.2, 0) is 0 Å². The molecule has 38 heavy (non-hydrogen) atoms. The van der Waals surface area contributed by atoms with E-state index in [0.717, 1.165) is 71.5 Å². The number of hydrogen-bond donors (Lipinski definition) is 2. The molecule has 0 atom stereocenters. The zero-order valence-corrected chi connectivity index (χ0v) is 21.8. The normalized spacial score (nSPS) is 14.2. The highest BCUT2D eigenvalue weighted by Crippen LogP contribution is 2.37. The summed E-state index contributed by atoms with van der Waals surface area (Å²) >= 11 is 0. The Labute approximate surface area is 221 Å². The number of benzene rings is 2. The minimum absolute atomic E-state index is 0.00352. The van der Waals surface area contributed by atoms with Crippen LogP contribution >= 0.6 is 0 Å². The summed E-state index contributed by atoms with van der Waals surface area (Å²) in [5.74, 6) is 3.08. The number of carbonyl (C=O) groups is 1. The molecular weight excluding hydrogens is 476 g/mol. The number of nitrogens with one attached hydrogen (secondary N) is 2. The summed E-state index contributed by atoms with van der Waals surface area (Å²) in [6.45, 7) is 7.43. The minimum atomic E-state index is -0.00352. The SMILES string of the molecule is CC(=O)c1c(C)[nH]c(-c2nc3nc(N4CCN(C)CC4)ccc3[nH]2)c1-c1ccc(Oc2ccccc2)cc1. The predicted octanol–water partition coefficient (Wildman–Crippen LogP) is 5.68. The van der Waals surface area contributed by atoms with Crippen LogP contribution in [0.4, 0.5) is 5.82 Å². The first-order chi connectivity index (χ1) is 18.5. The van der Waals surface area contributed by atoms with E-state index in [-0.39, 0.29) is 5.78 Å². The number of aryl methyl sites for hydroxylation is 1. The summed E-state index contributed by atoms with van der Waals surface area (Å²) in [5, 5.41) is 0. The van der Waals surface area contributed by atoms with Gasteiger partial charge in [-0.25, -0.2) is 9.97 Å². The molecule has 5 aromatic rings. The number of hydrogen-bond acceptors (Lipinski definition) is 6. The number of aromatic nitrogens is 4. The Kier molecular flexibility index (Phi) is 6.17. The lowest BCUT2D eigenvalue weighted by Gasteiger charge is -2.33. The number of pyridine rings is 1. The fourth-order valence-electron chi connectivity index (χ4n) is 5.06. The number of Topliss-reactive ketones (excluding diaryl/α,β-unsaturated/α-hetero) is 1. The maximum absolute atomic E-state index is 12.7. The first kappa shape index (κ1) is 23.9. The van der Waals surface area contributed by atoms with E-state index in [4.69, 9.17) is 14.7 Å². The number of aromatic amines is 2. The van der Waals surface area contributed by atoms with Crippen LogP contribution in [0.25, 0.3) is 33.8 Å². The number of piperazine rings is 1. The number of anilines is 1. The highest BCUT2D eigenvalue weighted by Gasteiger charge is 2.24. The van der Waals surface area contributed by atoms with Gasteiger partial charge in [-0.2, -0.15) is 0 Å². The Morgan fingerprint density at radius 2 is 1.58 bits per heavy atom. The van der Waals surface area contributed by atoms with Gasteiger partial charge < -0.3 is 24.5 Å². The average Bonchev–Trinajstić information content (AvgIpc) is 3.50. The van der Waals surface area contributed by atoms with Crippen molar-refractivity contribution in [2.24, 2.45) is 0 Å². The van der Waals surface area contributed by atoms with Gasteiger partial charge in [0.1, 0.15) is 17.3 Å². The smallest absolute Gasteiger partial charge is 0.180 e. The second-order valence-corrected chi connectivity index (χ2v) is 9.79. The van der Waals surface area contributed by atoms with E-state index in [2.05, 4.69) is 26.8 Å². The average molecular weight is 507 g/mol. The third kappa shape index (κ3) is 4.54. The minimum Gasteiger partial charge on any atom is -0.457 e. The maximum Gasteiger partial charge on any atom is 0.180 e. The van der Waals surface area contributed by atoms with Gasteiger partial charge in [0.15, 0.2) is 17.3 Å². The summed E-state index contributed by atoms with van der Waals surface area (Å²) in [7, 11) is 2.14. The lowest BCUT2D eigenvalue weighted by molar-refractivity contribution is 0.101. The molecule has 1 aliphatic rings. The Balaban J connectivity index is 1.37. The van der Waals surface area contributed by atoms with Crippen molar-refractivity contribution in [3.8, 4) is 34.1 Å². The van der Waals surface area contributed by atoms with E-state index in [1.54, 1.807) is 6.92 Å². The van der Waals surface area contributed by atoms with E-state index in [0.29, 0.717) is 17.0 Å². The fraction of sp³-hybridized carbons (Fsp3) is 0.233. The molecular formula is C30H30N6O2. The predicted molar refractivity (Wildman–Crippen MR) is 150 cm³/mol. The Morgan fingerprint density at radius 1 is 0.868 bits per heavy atom. The molecule has 8 nitrogen and oxygen atoms in total. The Morgan fingerprint density at radius 3 is 2.29 bits per heavy atom. The van der Waals surface area contributed by atoms with Crippen LogP contribution in [0.15, 0.2) is 66.7 Å². The van der Waals surface area contributed by atoms with Crippen molar-refractivity contribution in [2.75, 3.05) is 38.1 Å². The fourth-order valence-corrected chi connectivity index (χ4v) is 5.06. The molecule has 1 fully saturated rings. The molecule has 8 heteroatoms. The van der Waals surface area contributed by atoms with E-state index in [9.17, 15) is 4.79 Å². The summed E-state index contributed by atoms with van der Waals surface area (Å²) in [4.78, 5) is 33.9. The van der Waals surface area contributed by atoms with E-state index < -0.39 is 0 Å². The number of rotatable bonds is 6. The quantitative estimate of drug-likeness (QED) is 0.288. The van der Waals surface area contributed by atoms with Gasteiger partial charge in [-0.3, -0.25) is 4.79 Å². The molecule has 0 saturated carbocycles. The lowest BCUT2D eigenvalue weighted by atomic mass is 9.97. The van der Waals surface area contributed by atoms with E-state index in [1.165, 1.54) is 0 Å². The molecule has 2 aromatic carbocycles. The topological polar surface area (TPSA) is 90.1 Å². The monoisotopic (exact) mass is 506 g/mol. The van der Waals surface area contributed by atoms with Gasteiger partial charge in [0, 0.05) is 43.0 Å². The molecule has 0 radical (unpaired) electrons. The van der Waals surface area contributed by atoms with Crippen LogP contribution in [0.3, 0.4) is 0 Å². The lowest BCUT2D eigenvalue weighted by Crippen LogP contribution is -2.44. The summed E-state index contributed by atoms with van der Waals surface area (Å²) in [6, 6.07) is 21.5. The standard InChI is InChI=1S/C30H30N6O2/c1-19-26(20(2)37)27(21-9-11-23(12-10-21)38-22-7-5-4-6-8-22)28(31-19)30-32-24-13-14-25(33-29(24)34-30)36-17-15-35(3)16-18-36/h4-14,31H,15-18H2,1-3H3,(H,32,33,34).